The first-order valence-electron chi connectivity index (χ1n) is 19.9. The molecule has 2 heterocycles. The fraction of sp³-hybridized carbons (Fsp3) is 0.750. The third-order valence-electron chi connectivity index (χ3n) is 17.2. The molecule has 2 aliphatic heterocycles. The molecule has 1 aromatic carbocycles. The van der Waals surface area contributed by atoms with Gasteiger partial charge in [0.05, 0.1) is 25.4 Å². The molecule has 11 atom stereocenters. The predicted octanol–water partition coefficient (Wildman–Crippen LogP) is 8.94. The van der Waals surface area contributed by atoms with E-state index < -0.39 is 0 Å². The van der Waals surface area contributed by atoms with Crippen LogP contribution in [0.15, 0.2) is 42.5 Å². The molecule has 4 saturated carbocycles. The van der Waals surface area contributed by atoms with Gasteiger partial charge in [0.25, 0.3) is 0 Å². The number of rotatable bonds is 7. The smallest absolute Gasteiger partial charge is 0.337 e. The molecule has 7 aliphatic rings. The molecule has 49 heavy (non-hydrogen) atoms. The summed E-state index contributed by atoms with van der Waals surface area (Å²) < 4.78 is 10.9. The van der Waals surface area contributed by atoms with Gasteiger partial charge in [0, 0.05) is 31.2 Å². The topological polar surface area (TPSA) is 50.8 Å². The summed E-state index contributed by atoms with van der Waals surface area (Å²) in [5, 5.41) is 4.34. The van der Waals surface area contributed by atoms with Crippen LogP contribution in [0.3, 0.4) is 0 Å². The van der Waals surface area contributed by atoms with Gasteiger partial charge in [-0.2, -0.15) is 0 Å². The lowest BCUT2D eigenvalue weighted by Crippen LogP contribution is -2.68. The largest absolute Gasteiger partial charge is 0.465 e. The van der Waals surface area contributed by atoms with Crippen molar-refractivity contribution in [1.29, 1.82) is 0 Å². The van der Waals surface area contributed by atoms with Crippen LogP contribution in [0.5, 0.6) is 0 Å². The number of esters is 1. The standard InChI is InChI=1S/C44H64N2O3/c1-28(2)33-15-20-44(45-23-24-46-26-32-25-31(46)27-49-32)22-21-42(6)35(38(33)44)13-14-37-41(5)18-16-34(29-9-11-30(12-10-29)39(47)48-8)40(3,4)36(41)17-19-43(37,42)7/h9-12,16,31-33,35-38,45H,1,13-15,17-27H2,2-8H3. The summed E-state index contributed by atoms with van der Waals surface area (Å²) in [4.78, 5) is 14.9. The molecule has 0 spiro atoms. The van der Waals surface area contributed by atoms with Gasteiger partial charge >= 0.3 is 5.97 Å². The van der Waals surface area contributed by atoms with Gasteiger partial charge in [-0.3, -0.25) is 4.90 Å². The second-order valence-corrected chi connectivity index (χ2v) is 19.2. The Labute approximate surface area is 297 Å². The molecule has 2 saturated heterocycles. The number of allylic oxidation sites excluding steroid dienone is 3. The Hall–Kier alpha value is -1.95. The van der Waals surface area contributed by atoms with Gasteiger partial charge in [0.15, 0.2) is 0 Å². The minimum absolute atomic E-state index is 0.0714. The number of carbonyl (C=O) groups is 1. The third-order valence-corrected chi connectivity index (χ3v) is 17.2. The van der Waals surface area contributed by atoms with Gasteiger partial charge in [0.1, 0.15) is 0 Å². The number of morpholine rings is 1. The van der Waals surface area contributed by atoms with Crippen molar-refractivity contribution in [2.24, 2.45) is 51.2 Å². The Morgan fingerprint density at radius 3 is 2.43 bits per heavy atom. The number of hydrogen-bond acceptors (Lipinski definition) is 5. The zero-order valence-electron chi connectivity index (χ0n) is 31.7. The minimum atomic E-state index is -0.265. The second-order valence-electron chi connectivity index (χ2n) is 19.2. The van der Waals surface area contributed by atoms with Gasteiger partial charge in [-0.1, -0.05) is 65.0 Å². The molecule has 0 radical (unpaired) electrons. The molecule has 11 unspecified atom stereocenters. The van der Waals surface area contributed by atoms with Crippen LogP contribution in [-0.2, 0) is 9.47 Å². The summed E-state index contributed by atoms with van der Waals surface area (Å²) in [6, 6.07) is 8.82. The highest BCUT2D eigenvalue weighted by atomic mass is 16.5. The predicted molar refractivity (Wildman–Crippen MR) is 198 cm³/mol. The summed E-state index contributed by atoms with van der Waals surface area (Å²) >= 11 is 0. The first-order chi connectivity index (χ1) is 23.3. The van der Waals surface area contributed by atoms with Crippen LogP contribution in [-0.4, -0.2) is 61.9 Å². The summed E-state index contributed by atoms with van der Waals surface area (Å²) in [6.07, 6.45) is 16.2. The molecule has 8 rings (SSSR count). The number of fused-ring (bicyclic) bond motifs is 9. The fourth-order valence-corrected chi connectivity index (χ4v) is 14.7. The zero-order chi connectivity index (χ0) is 34.6. The van der Waals surface area contributed by atoms with E-state index in [1.54, 1.807) is 0 Å². The summed E-state index contributed by atoms with van der Waals surface area (Å²) in [6.45, 7) is 24.6. The fourth-order valence-electron chi connectivity index (χ4n) is 14.7. The number of carbonyl (C=O) groups excluding carboxylic acids is 1. The van der Waals surface area contributed by atoms with Crippen molar-refractivity contribution in [3.05, 3.63) is 53.6 Å². The molecule has 1 aromatic rings. The van der Waals surface area contributed by atoms with Crippen LogP contribution in [0.25, 0.3) is 5.57 Å². The molecule has 5 heteroatoms. The van der Waals surface area contributed by atoms with Gasteiger partial charge in [-0.15, -0.1) is 0 Å². The maximum absolute atomic E-state index is 12.1. The molecule has 5 aliphatic carbocycles. The number of nitrogens with zero attached hydrogens (tertiary/aromatic N) is 1. The van der Waals surface area contributed by atoms with E-state index in [4.69, 9.17) is 9.47 Å². The maximum atomic E-state index is 12.1. The molecular formula is C44H64N2O3. The molecule has 0 amide bonds. The second kappa shape index (κ2) is 11.8. The number of benzene rings is 1. The van der Waals surface area contributed by atoms with E-state index in [0.29, 0.717) is 46.3 Å². The summed E-state index contributed by atoms with van der Waals surface area (Å²) in [5.74, 6) is 3.21. The van der Waals surface area contributed by atoms with Crippen LogP contribution >= 0.6 is 0 Å². The number of likely N-dealkylation sites (tertiary alicyclic amines) is 1. The minimum Gasteiger partial charge on any atom is -0.465 e. The van der Waals surface area contributed by atoms with Crippen molar-refractivity contribution in [2.45, 2.75) is 123 Å². The number of nitrogens with one attached hydrogen (secondary N) is 1. The van der Waals surface area contributed by atoms with Crippen molar-refractivity contribution < 1.29 is 14.3 Å². The van der Waals surface area contributed by atoms with Crippen molar-refractivity contribution in [1.82, 2.24) is 10.2 Å². The molecule has 268 valence electrons. The van der Waals surface area contributed by atoms with Gasteiger partial charge in [-0.25, -0.2) is 4.79 Å². The average Bonchev–Trinajstić information content (AvgIpc) is 3.80. The first kappa shape index (κ1) is 34.2. The Morgan fingerprint density at radius 1 is 0.980 bits per heavy atom. The van der Waals surface area contributed by atoms with Crippen LogP contribution in [0.1, 0.15) is 122 Å². The Morgan fingerprint density at radius 2 is 1.76 bits per heavy atom. The monoisotopic (exact) mass is 668 g/mol. The van der Waals surface area contributed by atoms with E-state index in [2.05, 4.69) is 76.5 Å². The van der Waals surface area contributed by atoms with Crippen molar-refractivity contribution in [3.63, 3.8) is 0 Å². The number of ether oxygens (including phenoxy) is 2. The molecule has 5 nitrogen and oxygen atoms in total. The van der Waals surface area contributed by atoms with E-state index in [1.165, 1.54) is 88.2 Å². The van der Waals surface area contributed by atoms with E-state index in [-0.39, 0.29) is 22.3 Å². The number of methoxy groups -OCH3 is 1. The first-order valence-corrected chi connectivity index (χ1v) is 19.9. The van der Waals surface area contributed by atoms with Gasteiger partial charge in [0.2, 0.25) is 0 Å². The third kappa shape index (κ3) is 4.90. The maximum Gasteiger partial charge on any atom is 0.337 e. The van der Waals surface area contributed by atoms with Crippen molar-refractivity contribution >= 4 is 11.5 Å². The summed E-state index contributed by atoms with van der Waals surface area (Å²) in [7, 11) is 1.46. The van der Waals surface area contributed by atoms with Gasteiger partial charge < -0.3 is 14.8 Å². The molecule has 2 bridgehead atoms. The Balaban J connectivity index is 1.06. The Kier molecular flexibility index (Phi) is 8.21. The quantitative estimate of drug-likeness (QED) is 0.232. The van der Waals surface area contributed by atoms with E-state index in [9.17, 15) is 4.79 Å². The number of hydrogen-bond donors (Lipinski definition) is 1. The highest BCUT2D eigenvalue weighted by Crippen LogP contribution is 2.76. The van der Waals surface area contributed by atoms with Crippen LogP contribution in [0.2, 0.25) is 0 Å². The highest BCUT2D eigenvalue weighted by Gasteiger charge is 2.70. The van der Waals surface area contributed by atoms with Crippen molar-refractivity contribution in [2.75, 3.05) is 33.4 Å². The van der Waals surface area contributed by atoms with Gasteiger partial charge in [-0.05, 0) is 146 Å². The Bertz CT molecular complexity index is 1510. The molecule has 0 aromatic heterocycles. The lowest BCUT2D eigenvalue weighted by molar-refractivity contribution is -0.219. The average molecular weight is 669 g/mol. The zero-order valence-corrected chi connectivity index (χ0v) is 31.7. The van der Waals surface area contributed by atoms with E-state index in [0.717, 1.165) is 38.0 Å². The highest BCUT2D eigenvalue weighted by molar-refractivity contribution is 5.89. The lowest BCUT2D eigenvalue weighted by atomic mass is 9.33. The van der Waals surface area contributed by atoms with Crippen LogP contribution in [0.4, 0.5) is 0 Å². The molecule has 1 N–H and O–H groups in total. The lowest BCUT2D eigenvalue weighted by Gasteiger charge is -2.72. The van der Waals surface area contributed by atoms with Crippen LogP contribution in [0, 0.1) is 51.2 Å². The van der Waals surface area contributed by atoms with Crippen LogP contribution < -0.4 is 5.32 Å². The van der Waals surface area contributed by atoms with E-state index >= 15 is 0 Å². The normalized spacial score (nSPS) is 45.1. The molecular weight excluding hydrogens is 604 g/mol. The molecule has 6 fully saturated rings. The SMILES string of the molecule is C=C(C)C1CCC2(NCCN3CC4CC3CO4)CCC3(C)C(CCC4C5(C)CC=C(c6ccc(C(=O)OC)cc6)C(C)(C)C5CCC43C)C12. The van der Waals surface area contributed by atoms with Crippen molar-refractivity contribution in [3.8, 4) is 0 Å². The summed E-state index contributed by atoms with van der Waals surface area (Å²) in [5.41, 5.74) is 6.10. The van der Waals surface area contributed by atoms with E-state index in [1.807, 2.05) is 12.1 Å².